The molecule has 2 heterocycles. The normalized spacial score (nSPS) is 21.1. The Labute approximate surface area is 110 Å². The minimum Gasteiger partial charge on any atom is -0.476 e. The van der Waals surface area contributed by atoms with Crippen LogP contribution in [-0.4, -0.2) is 46.8 Å². The Morgan fingerprint density at radius 1 is 1.72 bits per heavy atom. The number of aromatic nitrogens is 1. The van der Waals surface area contributed by atoms with E-state index in [9.17, 15) is 4.79 Å². The lowest BCUT2D eigenvalue weighted by Gasteiger charge is -2.31. The second-order valence-corrected chi connectivity index (χ2v) is 5.26. The van der Waals surface area contributed by atoms with Gasteiger partial charge in [0.05, 0.1) is 11.8 Å². The molecule has 1 aromatic heterocycles. The highest BCUT2D eigenvalue weighted by Gasteiger charge is 2.21. The molecule has 18 heavy (non-hydrogen) atoms. The molecule has 1 atom stereocenters. The van der Waals surface area contributed by atoms with Gasteiger partial charge < -0.3 is 9.84 Å². The summed E-state index contributed by atoms with van der Waals surface area (Å²) in [5.41, 5.74) is 0.842. The maximum absolute atomic E-state index is 10.8. The quantitative estimate of drug-likeness (QED) is 0.884. The van der Waals surface area contributed by atoms with Gasteiger partial charge in [-0.15, -0.1) is 11.3 Å². The van der Waals surface area contributed by atoms with Crippen LogP contribution in [0.25, 0.3) is 0 Å². The van der Waals surface area contributed by atoms with Crippen molar-refractivity contribution in [2.45, 2.75) is 32.4 Å². The van der Waals surface area contributed by atoms with Crippen LogP contribution < -0.4 is 0 Å². The Kier molecular flexibility index (Phi) is 4.68. The van der Waals surface area contributed by atoms with Gasteiger partial charge in [0, 0.05) is 25.1 Å². The van der Waals surface area contributed by atoms with Gasteiger partial charge in [-0.2, -0.15) is 0 Å². The number of rotatable bonds is 5. The summed E-state index contributed by atoms with van der Waals surface area (Å²) in [6, 6.07) is 0. The van der Waals surface area contributed by atoms with Crippen molar-refractivity contribution in [2.75, 3.05) is 19.7 Å². The van der Waals surface area contributed by atoms with Crippen LogP contribution in [0, 0.1) is 0 Å². The number of nitrogens with zero attached hydrogens (tertiary/aromatic N) is 2. The van der Waals surface area contributed by atoms with E-state index in [1.165, 1.54) is 11.3 Å². The monoisotopic (exact) mass is 270 g/mol. The molecule has 1 N–H and O–H groups in total. The number of carboxylic acids is 1. The first kappa shape index (κ1) is 13.5. The van der Waals surface area contributed by atoms with Crippen molar-refractivity contribution in [2.24, 2.45) is 0 Å². The molecule has 0 aliphatic carbocycles. The highest BCUT2D eigenvalue weighted by atomic mass is 32.1. The third kappa shape index (κ3) is 3.51. The van der Waals surface area contributed by atoms with Crippen LogP contribution in [0.3, 0.4) is 0 Å². The van der Waals surface area contributed by atoms with Gasteiger partial charge in [-0.05, 0) is 26.3 Å². The summed E-state index contributed by atoms with van der Waals surface area (Å²) >= 11 is 1.19. The van der Waals surface area contributed by atoms with Crippen LogP contribution in [0.2, 0.25) is 0 Å². The van der Waals surface area contributed by atoms with Gasteiger partial charge in [0.1, 0.15) is 0 Å². The standard InChI is InChI=1S/C12H18N2O3S/c1-2-17-10-4-3-5-14(7-10)6-9-8-18-11(13-9)12(15)16/h8,10H,2-7H2,1H3,(H,15,16). The van der Waals surface area contributed by atoms with Gasteiger partial charge in [-0.1, -0.05) is 0 Å². The van der Waals surface area contributed by atoms with E-state index in [0.29, 0.717) is 12.6 Å². The third-order valence-electron chi connectivity index (χ3n) is 2.98. The maximum atomic E-state index is 10.8. The molecule has 0 radical (unpaired) electrons. The Hall–Kier alpha value is -0.980. The summed E-state index contributed by atoms with van der Waals surface area (Å²) in [7, 11) is 0. The number of aromatic carboxylic acids is 1. The topological polar surface area (TPSA) is 62.7 Å². The largest absolute Gasteiger partial charge is 0.476 e. The summed E-state index contributed by atoms with van der Waals surface area (Å²) in [6.45, 7) is 5.42. The van der Waals surface area contributed by atoms with Crippen molar-refractivity contribution < 1.29 is 14.6 Å². The molecule has 5 nitrogen and oxygen atoms in total. The number of carbonyl (C=O) groups is 1. The molecular weight excluding hydrogens is 252 g/mol. The van der Waals surface area contributed by atoms with E-state index in [1.54, 1.807) is 0 Å². The van der Waals surface area contributed by atoms with E-state index >= 15 is 0 Å². The van der Waals surface area contributed by atoms with Crippen LogP contribution in [0.1, 0.15) is 35.3 Å². The maximum Gasteiger partial charge on any atom is 0.365 e. The smallest absolute Gasteiger partial charge is 0.365 e. The van der Waals surface area contributed by atoms with Crippen molar-refractivity contribution in [1.29, 1.82) is 0 Å². The predicted octanol–water partition coefficient (Wildman–Crippen LogP) is 1.84. The second-order valence-electron chi connectivity index (χ2n) is 4.40. The van der Waals surface area contributed by atoms with Crippen molar-refractivity contribution in [1.82, 2.24) is 9.88 Å². The summed E-state index contributed by atoms with van der Waals surface area (Å²) in [5.74, 6) is -0.947. The van der Waals surface area contributed by atoms with E-state index in [2.05, 4.69) is 9.88 Å². The Balaban J connectivity index is 1.89. The molecule has 1 aromatic rings. The van der Waals surface area contributed by atoms with Crippen LogP contribution in [0.15, 0.2) is 5.38 Å². The molecule has 1 aliphatic heterocycles. The van der Waals surface area contributed by atoms with Crippen LogP contribution in [0.5, 0.6) is 0 Å². The number of hydrogen-bond donors (Lipinski definition) is 1. The molecule has 1 unspecified atom stereocenters. The van der Waals surface area contributed by atoms with E-state index in [0.717, 1.165) is 38.2 Å². The molecule has 0 saturated carbocycles. The van der Waals surface area contributed by atoms with Gasteiger partial charge in [0.2, 0.25) is 5.01 Å². The zero-order chi connectivity index (χ0) is 13.0. The molecule has 1 saturated heterocycles. The number of piperidine rings is 1. The highest BCUT2D eigenvalue weighted by Crippen LogP contribution is 2.17. The molecule has 0 aromatic carbocycles. The van der Waals surface area contributed by atoms with Crippen molar-refractivity contribution in [3.8, 4) is 0 Å². The summed E-state index contributed by atoms with van der Waals surface area (Å²) in [6.07, 6.45) is 2.55. The molecular formula is C12H18N2O3S. The lowest BCUT2D eigenvalue weighted by Crippen LogP contribution is -2.39. The third-order valence-corrected chi connectivity index (χ3v) is 3.86. The fraction of sp³-hybridized carbons (Fsp3) is 0.667. The highest BCUT2D eigenvalue weighted by molar-refractivity contribution is 7.11. The van der Waals surface area contributed by atoms with E-state index in [1.807, 2.05) is 12.3 Å². The average Bonchev–Trinajstić information content (AvgIpc) is 2.78. The van der Waals surface area contributed by atoms with Crippen LogP contribution in [0.4, 0.5) is 0 Å². The lowest BCUT2D eigenvalue weighted by atomic mass is 10.1. The van der Waals surface area contributed by atoms with Gasteiger partial charge in [-0.25, -0.2) is 9.78 Å². The summed E-state index contributed by atoms with van der Waals surface area (Å²) in [5, 5.41) is 10.8. The van der Waals surface area contributed by atoms with Crippen molar-refractivity contribution in [3.63, 3.8) is 0 Å². The average molecular weight is 270 g/mol. The first-order chi connectivity index (χ1) is 8.69. The SMILES string of the molecule is CCOC1CCCN(Cc2csc(C(=O)O)n2)C1. The summed E-state index contributed by atoms with van der Waals surface area (Å²) < 4.78 is 5.64. The Bertz CT molecular complexity index is 406. The predicted molar refractivity (Wildman–Crippen MR) is 69.0 cm³/mol. The fourth-order valence-electron chi connectivity index (χ4n) is 2.24. The van der Waals surface area contributed by atoms with Gasteiger partial charge >= 0.3 is 5.97 Å². The zero-order valence-corrected chi connectivity index (χ0v) is 11.3. The van der Waals surface area contributed by atoms with E-state index < -0.39 is 5.97 Å². The molecule has 0 spiro atoms. The first-order valence-electron chi connectivity index (χ1n) is 6.20. The molecule has 100 valence electrons. The molecule has 0 bridgehead atoms. The van der Waals surface area contributed by atoms with E-state index in [-0.39, 0.29) is 5.01 Å². The van der Waals surface area contributed by atoms with Crippen molar-refractivity contribution in [3.05, 3.63) is 16.1 Å². The molecule has 6 heteroatoms. The van der Waals surface area contributed by atoms with Crippen LogP contribution >= 0.6 is 11.3 Å². The number of likely N-dealkylation sites (tertiary alicyclic amines) is 1. The van der Waals surface area contributed by atoms with E-state index in [4.69, 9.17) is 9.84 Å². The molecule has 1 aliphatic rings. The minimum atomic E-state index is -0.947. The van der Waals surface area contributed by atoms with Gasteiger partial charge in [0.25, 0.3) is 0 Å². The first-order valence-corrected chi connectivity index (χ1v) is 7.08. The molecule has 0 amide bonds. The molecule has 2 rings (SSSR count). The zero-order valence-electron chi connectivity index (χ0n) is 10.5. The van der Waals surface area contributed by atoms with Gasteiger partial charge in [-0.3, -0.25) is 4.90 Å². The number of ether oxygens (including phenoxy) is 1. The fourth-order valence-corrected chi connectivity index (χ4v) is 2.88. The minimum absolute atomic E-state index is 0.170. The number of hydrogen-bond acceptors (Lipinski definition) is 5. The number of carboxylic acid groups (broad SMARTS) is 1. The lowest BCUT2D eigenvalue weighted by molar-refractivity contribution is 0.00333. The Morgan fingerprint density at radius 3 is 3.22 bits per heavy atom. The second kappa shape index (κ2) is 6.26. The summed E-state index contributed by atoms with van der Waals surface area (Å²) in [4.78, 5) is 17.2. The van der Waals surface area contributed by atoms with Crippen molar-refractivity contribution >= 4 is 17.3 Å². The van der Waals surface area contributed by atoms with Gasteiger partial charge in [0.15, 0.2) is 0 Å². The Morgan fingerprint density at radius 2 is 2.56 bits per heavy atom. The van der Waals surface area contributed by atoms with Crippen LogP contribution in [-0.2, 0) is 11.3 Å². The molecule has 1 fully saturated rings. The number of thiazole rings is 1.